The monoisotopic (exact) mass is 470 g/mol. The van der Waals surface area contributed by atoms with Crippen molar-refractivity contribution in [2.75, 3.05) is 13.1 Å². The second-order valence-electron chi connectivity index (χ2n) is 8.55. The summed E-state index contributed by atoms with van der Waals surface area (Å²) < 4.78 is 39.9. The highest BCUT2D eigenvalue weighted by atomic mass is 35.5. The SMILES string of the molecule is CC12CCC1CCN2CC(NC(=O)c1c(Cl)ccc(C(F)(F)F)c1Cl)c1ccccc1. The summed E-state index contributed by atoms with van der Waals surface area (Å²) in [4.78, 5) is 15.5. The molecule has 8 heteroatoms. The van der Waals surface area contributed by atoms with Crippen molar-refractivity contribution in [2.45, 2.75) is 43.9 Å². The Hall–Kier alpha value is -1.76. The molecule has 1 aliphatic heterocycles. The predicted molar refractivity (Wildman–Crippen MR) is 115 cm³/mol. The molecule has 0 radical (unpaired) electrons. The largest absolute Gasteiger partial charge is 0.417 e. The smallest absolute Gasteiger partial charge is 0.344 e. The number of benzene rings is 2. The van der Waals surface area contributed by atoms with Crippen LogP contribution in [-0.4, -0.2) is 29.4 Å². The third-order valence-electron chi connectivity index (χ3n) is 6.88. The summed E-state index contributed by atoms with van der Waals surface area (Å²) in [6.07, 6.45) is -1.24. The Bertz CT molecular complexity index is 983. The number of fused-ring (bicyclic) bond motifs is 1. The van der Waals surface area contributed by atoms with Crippen LogP contribution in [0.5, 0.6) is 0 Å². The lowest BCUT2D eigenvalue weighted by Crippen LogP contribution is -2.53. The molecule has 2 aliphatic rings. The highest BCUT2D eigenvalue weighted by molar-refractivity contribution is 6.40. The number of alkyl halides is 3. The molecule has 3 nitrogen and oxygen atoms in total. The van der Waals surface area contributed by atoms with Gasteiger partial charge in [-0.15, -0.1) is 0 Å². The van der Waals surface area contributed by atoms with Crippen molar-refractivity contribution in [3.05, 3.63) is 69.2 Å². The molecule has 3 unspecified atom stereocenters. The molecule has 1 saturated carbocycles. The number of halogens is 5. The van der Waals surface area contributed by atoms with E-state index in [1.807, 2.05) is 30.3 Å². The lowest BCUT2D eigenvalue weighted by atomic mass is 9.68. The van der Waals surface area contributed by atoms with Crippen LogP contribution in [0.4, 0.5) is 13.2 Å². The van der Waals surface area contributed by atoms with Gasteiger partial charge in [0.2, 0.25) is 0 Å². The molecule has 31 heavy (non-hydrogen) atoms. The maximum Gasteiger partial charge on any atom is 0.417 e. The normalized spacial score (nSPS) is 24.4. The molecule has 1 heterocycles. The topological polar surface area (TPSA) is 32.3 Å². The number of hydrogen-bond acceptors (Lipinski definition) is 2. The number of carbonyl (C=O) groups is 1. The molecule has 4 rings (SSSR count). The minimum atomic E-state index is -4.68. The number of carbonyl (C=O) groups excluding carboxylic acids is 1. The molecule has 0 spiro atoms. The van der Waals surface area contributed by atoms with Gasteiger partial charge in [0.1, 0.15) is 0 Å². The number of hydrogen-bond donors (Lipinski definition) is 1. The molecular formula is C23H23Cl2F3N2O. The van der Waals surface area contributed by atoms with E-state index < -0.39 is 28.7 Å². The van der Waals surface area contributed by atoms with E-state index in [1.165, 1.54) is 6.42 Å². The summed E-state index contributed by atoms with van der Waals surface area (Å²) in [5, 5.41) is 2.10. The first-order valence-corrected chi connectivity index (χ1v) is 11.0. The van der Waals surface area contributed by atoms with Crippen molar-refractivity contribution in [3.63, 3.8) is 0 Å². The maximum atomic E-state index is 13.3. The zero-order chi connectivity index (χ0) is 22.4. The van der Waals surface area contributed by atoms with E-state index in [1.54, 1.807) is 0 Å². The number of nitrogens with zero attached hydrogens (tertiary/aromatic N) is 1. The summed E-state index contributed by atoms with van der Waals surface area (Å²) >= 11 is 12.1. The van der Waals surface area contributed by atoms with Crippen LogP contribution in [0.2, 0.25) is 10.0 Å². The molecule has 1 aliphatic carbocycles. The first-order chi connectivity index (χ1) is 14.6. The summed E-state index contributed by atoms with van der Waals surface area (Å²) in [6.45, 7) is 3.75. The van der Waals surface area contributed by atoms with Crippen molar-refractivity contribution in [3.8, 4) is 0 Å². The molecule has 166 valence electrons. The molecule has 1 amide bonds. The van der Waals surface area contributed by atoms with Gasteiger partial charge in [0.25, 0.3) is 5.91 Å². The predicted octanol–water partition coefficient (Wildman–Crippen LogP) is 6.36. The Balaban J connectivity index is 1.63. The van der Waals surface area contributed by atoms with Crippen molar-refractivity contribution in [2.24, 2.45) is 5.92 Å². The van der Waals surface area contributed by atoms with Gasteiger partial charge in [0.15, 0.2) is 0 Å². The number of likely N-dealkylation sites (tertiary alicyclic amines) is 1. The molecule has 2 aromatic carbocycles. The molecule has 0 bridgehead atoms. The fourth-order valence-corrected chi connectivity index (χ4v) is 5.50. The van der Waals surface area contributed by atoms with Gasteiger partial charge in [-0.05, 0) is 56.3 Å². The highest BCUT2D eigenvalue weighted by Crippen LogP contribution is 2.50. The first kappa shape index (κ1) is 22.4. The van der Waals surface area contributed by atoms with Crippen LogP contribution >= 0.6 is 23.2 Å². The van der Waals surface area contributed by atoms with Crippen molar-refractivity contribution < 1.29 is 18.0 Å². The Morgan fingerprint density at radius 2 is 1.90 bits per heavy atom. The van der Waals surface area contributed by atoms with Gasteiger partial charge >= 0.3 is 6.18 Å². The zero-order valence-corrected chi connectivity index (χ0v) is 18.5. The van der Waals surface area contributed by atoms with Crippen molar-refractivity contribution in [1.29, 1.82) is 0 Å². The van der Waals surface area contributed by atoms with Crippen LogP contribution in [0.3, 0.4) is 0 Å². The average molecular weight is 471 g/mol. The van der Waals surface area contributed by atoms with Crippen LogP contribution in [0.1, 0.15) is 53.7 Å². The first-order valence-electron chi connectivity index (χ1n) is 10.3. The molecule has 3 atom stereocenters. The zero-order valence-electron chi connectivity index (χ0n) is 17.0. The summed E-state index contributed by atoms with van der Waals surface area (Å²) in [7, 11) is 0. The van der Waals surface area contributed by atoms with Gasteiger partial charge in [0.05, 0.1) is 27.2 Å². The van der Waals surface area contributed by atoms with Crippen LogP contribution in [0.15, 0.2) is 42.5 Å². The van der Waals surface area contributed by atoms with Gasteiger partial charge in [-0.25, -0.2) is 0 Å². The second-order valence-corrected chi connectivity index (χ2v) is 9.33. The fraction of sp³-hybridized carbons (Fsp3) is 0.435. The molecular weight excluding hydrogens is 448 g/mol. The molecule has 2 fully saturated rings. The van der Waals surface area contributed by atoms with E-state index in [0.717, 1.165) is 37.1 Å². The van der Waals surface area contributed by atoms with Crippen molar-refractivity contribution in [1.82, 2.24) is 10.2 Å². The molecule has 2 aromatic rings. The number of amides is 1. The van der Waals surface area contributed by atoms with Gasteiger partial charge in [0, 0.05) is 12.1 Å². The van der Waals surface area contributed by atoms with Crippen LogP contribution < -0.4 is 5.32 Å². The Kier molecular flexibility index (Phi) is 6.01. The van der Waals surface area contributed by atoms with E-state index in [-0.39, 0.29) is 16.1 Å². The summed E-state index contributed by atoms with van der Waals surface area (Å²) in [6, 6.07) is 10.9. The maximum absolute atomic E-state index is 13.3. The van der Waals surface area contributed by atoms with Gasteiger partial charge in [-0.2, -0.15) is 13.2 Å². The minimum absolute atomic E-state index is 0.114. The highest BCUT2D eigenvalue weighted by Gasteiger charge is 2.51. The van der Waals surface area contributed by atoms with Crippen LogP contribution in [-0.2, 0) is 6.18 Å². The summed E-state index contributed by atoms with van der Waals surface area (Å²) in [5.41, 5.74) is -0.442. The van der Waals surface area contributed by atoms with Crippen LogP contribution in [0, 0.1) is 5.92 Å². The number of nitrogens with one attached hydrogen (secondary N) is 1. The quantitative estimate of drug-likeness (QED) is 0.551. The van der Waals surface area contributed by atoms with E-state index in [4.69, 9.17) is 23.2 Å². The Morgan fingerprint density at radius 1 is 1.19 bits per heavy atom. The van der Waals surface area contributed by atoms with Gasteiger partial charge in [-0.1, -0.05) is 53.5 Å². The number of rotatable bonds is 5. The lowest BCUT2D eigenvalue weighted by molar-refractivity contribution is -0.137. The fourth-order valence-electron chi connectivity index (χ4n) is 4.85. The minimum Gasteiger partial charge on any atom is -0.344 e. The third-order valence-corrected chi connectivity index (χ3v) is 7.59. The molecule has 0 aromatic heterocycles. The van der Waals surface area contributed by atoms with E-state index in [9.17, 15) is 18.0 Å². The van der Waals surface area contributed by atoms with E-state index >= 15 is 0 Å². The van der Waals surface area contributed by atoms with E-state index in [2.05, 4.69) is 17.1 Å². The van der Waals surface area contributed by atoms with Crippen LogP contribution in [0.25, 0.3) is 0 Å². The van der Waals surface area contributed by atoms with Gasteiger partial charge in [-0.3, -0.25) is 9.69 Å². The molecule has 1 saturated heterocycles. The third kappa shape index (κ3) is 4.18. The van der Waals surface area contributed by atoms with Crippen molar-refractivity contribution >= 4 is 29.1 Å². The van der Waals surface area contributed by atoms with Gasteiger partial charge < -0.3 is 5.32 Å². The lowest BCUT2D eigenvalue weighted by Gasteiger charge is -2.48. The standard InChI is InChI=1S/C23H23Cl2F3N2O/c1-22-11-9-15(22)10-12-30(22)13-18(14-5-3-2-4-6-14)29-21(31)19-17(24)8-7-16(20(19)25)23(26,27)28/h2-8,15,18H,9-13H2,1H3,(H,29,31). The molecule has 1 N–H and O–H groups in total. The average Bonchev–Trinajstić information content (AvgIpc) is 2.90. The summed E-state index contributed by atoms with van der Waals surface area (Å²) in [5.74, 6) is -0.0588. The Morgan fingerprint density at radius 3 is 2.48 bits per heavy atom. The van der Waals surface area contributed by atoms with E-state index in [0.29, 0.717) is 12.5 Å². The Labute approximate surface area is 189 Å². The second kappa shape index (κ2) is 8.30.